The topological polar surface area (TPSA) is 6.48 Å². The van der Waals surface area contributed by atoms with Gasteiger partial charge in [0.05, 0.1) is 22.7 Å². The highest BCUT2D eigenvalue weighted by atomic mass is 32.1. The van der Waals surface area contributed by atoms with E-state index in [1.165, 1.54) is 64.0 Å². The van der Waals surface area contributed by atoms with Gasteiger partial charge in [0, 0.05) is 58.8 Å². The van der Waals surface area contributed by atoms with Crippen molar-refractivity contribution in [2.45, 2.75) is 0 Å². The van der Waals surface area contributed by atoms with Crippen LogP contribution in [0.5, 0.6) is 0 Å². The van der Waals surface area contributed by atoms with E-state index in [0.29, 0.717) is 0 Å². The van der Waals surface area contributed by atoms with E-state index in [4.69, 9.17) is 0 Å². The Hall–Kier alpha value is -7.46. The molecule has 59 heavy (non-hydrogen) atoms. The maximum Gasteiger partial charge on any atom is 0.0554 e. The lowest BCUT2D eigenvalue weighted by Gasteiger charge is -2.29. The largest absolute Gasteiger partial charge is 0.309 e. The predicted octanol–water partition coefficient (Wildman–Crippen LogP) is 16.6. The maximum atomic E-state index is 2.46. The molecule has 2 nitrogen and oxygen atoms in total. The first kappa shape index (κ1) is 34.8. The molecule has 0 aliphatic carbocycles. The van der Waals surface area contributed by atoms with Crippen molar-refractivity contribution in [1.29, 1.82) is 0 Å². The van der Waals surface area contributed by atoms with Gasteiger partial charge in [0.2, 0.25) is 0 Å². The Kier molecular flexibility index (Phi) is 8.72. The van der Waals surface area contributed by atoms with Gasteiger partial charge >= 0.3 is 0 Å². The molecule has 0 aliphatic heterocycles. The highest BCUT2D eigenvalue weighted by Crippen LogP contribution is 2.52. The molecule has 11 rings (SSSR count). The molecule has 1 heterocycles. The second kappa shape index (κ2) is 14.8. The zero-order chi connectivity index (χ0) is 39.1. The Morgan fingerprint density at radius 1 is 0.288 bits per heavy atom. The molecule has 0 bridgehead atoms. The Bertz CT molecular complexity index is 3270. The molecule has 0 spiro atoms. The van der Waals surface area contributed by atoms with Gasteiger partial charge in [-0.1, -0.05) is 182 Å². The van der Waals surface area contributed by atoms with Crippen molar-refractivity contribution >= 4 is 87.2 Å². The summed E-state index contributed by atoms with van der Waals surface area (Å²) in [6.07, 6.45) is 0. The van der Waals surface area contributed by atoms with Gasteiger partial charge < -0.3 is 9.80 Å². The zero-order valence-corrected chi connectivity index (χ0v) is 33.1. The van der Waals surface area contributed by atoms with Crippen molar-refractivity contribution < 1.29 is 0 Å². The summed E-state index contributed by atoms with van der Waals surface area (Å²) in [5, 5.41) is 7.45. The summed E-state index contributed by atoms with van der Waals surface area (Å²) in [5.41, 5.74) is 11.5. The first-order valence-electron chi connectivity index (χ1n) is 20.1. The molecule has 0 saturated carbocycles. The lowest BCUT2D eigenvalue weighted by Crippen LogP contribution is -2.12. The summed E-state index contributed by atoms with van der Waals surface area (Å²) in [6, 6.07) is 83.5. The van der Waals surface area contributed by atoms with Gasteiger partial charge in [-0.2, -0.15) is 0 Å². The van der Waals surface area contributed by atoms with Crippen molar-refractivity contribution in [1.82, 2.24) is 0 Å². The van der Waals surface area contributed by atoms with Crippen molar-refractivity contribution in [3.05, 3.63) is 231 Å². The molecule has 0 radical (unpaired) electrons. The Balaban J connectivity index is 1.21. The van der Waals surface area contributed by atoms with Crippen LogP contribution < -0.4 is 9.80 Å². The van der Waals surface area contributed by atoms with E-state index in [0.717, 1.165) is 34.1 Å². The Labute approximate surface area is 348 Å². The standard InChI is InChI=1S/C56H38N2S/c1-5-21-39(22-6-1)43-29-17-19-35-50(43)57(41-25-9-3-10-26-41)52-37-49-55-47-33-15-13-31-45(47)53(38-54(55)59-56(49)48-34-16-14-32-46(48)52)58(42-27-11-4-12-28-42)51-36-20-18-30-44(51)40-23-7-2-8-24-40/h1-38H. The van der Waals surface area contributed by atoms with E-state index in [9.17, 15) is 0 Å². The molecule has 0 fully saturated rings. The first-order valence-corrected chi connectivity index (χ1v) is 20.9. The van der Waals surface area contributed by atoms with Crippen molar-refractivity contribution in [2.75, 3.05) is 9.80 Å². The minimum Gasteiger partial charge on any atom is -0.309 e. The van der Waals surface area contributed by atoms with Crippen LogP contribution >= 0.6 is 11.3 Å². The molecule has 278 valence electrons. The second-order valence-electron chi connectivity index (χ2n) is 14.8. The fourth-order valence-corrected chi connectivity index (χ4v) is 10.1. The van der Waals surface area contributed by atoms with E-state index in [1.807, 2.05) is 11.3 Å². The number of thiophene rings is 1. The third-order valence-electron chi connectivity index (χ3n) is 11.4. The van der Waals surface area contributed by atoms with Crippen LogP contribution in [0.15, 0.2) is 231 Å². The van der Waals surface area contributed by atoms with Gasteiger partial charge in [0.15, 0.2) is 0 Å². The van der Waals surface area contributed by atoms with Crippen molar-refractivity contribution in [3.8, 4) is 22.3 Å². The molecule has 1 aromatic heterocycles. The van der Waals surface area contributed by atoms with E-state index in [1.54, 1.807) is 0 Å². The van der Waals surface area contributed by atoms with Gasteiger partial charge in [-0.05, 0) is 65.0 Å². The highest BCUT2D eigenvalue weighted by Gasteiger charge is 2.25. The number of anilines is 6. The summed E-state index contributed by atoms with van der Waals surface area (Å²) in [6.45, 7) is 0. The number of benzene rings is 10. The maximum absolute atomic E-state index is 2.46. The summed E-state index contributed by atoms with van der Waals surface area (Å²) in [5.74, 6) is 0. The number of rotatable bonds is 8. The molecule has 0 amide bonds. The summed E-state index contributed by atoms with van der Waals surface area (Å²) in [7, 11) is 0. The summed E-state index contributed by atoms with van der Waals surface area (Å²) in [4.78, 5) is 4.91. The molecule has 3 heteroatoms. The van der Waals surface area contributed by atoms with Crippen molar-refractivity contribution in [2.24, 2.45) is 0 Å². The van der Waals surface area contributed by atoms with E-state index >= 15 is 0 Å². The lowest BCUT2D eigenvalue weighted by molar-refractivity contribution is 1.30. The summed E-state index contributed by atoms with van der Waals surface area (Å²) < 4.78 is 2.55. The fourth-order valence-electron chi connectivity index (χ4n) is 8.83. The Morgan fingerprint density at radius 3 is 1.20 bits per heavy atom. The molecule has 10 aromatic carbocycles. The van der Waals surface area contributed by atoms with Crippen LogP contribution in [0, 0.1) is 0 Å². The average Bonchev–Trinajstić information content (AvgIpc) is 3.70. The van der Waals surface area contributed by atoms with Crippen molar-refractivity contribution in [3.63, 3.8) is 0 Å². The average molecular weight is 771 g/mol. The van der Waals surface area contributed by atoms with Crippen LogP contribution in [0.4, 0.5) is 34.1 Å². The normalized spacial score (nSPS) is 11.4. The monoisotopic (exact) mass is 770 g/mol. The molecule has 0 saturated heterocycles. The van der Waals surface area contributed by atoms with Crippen LogP contribution in [0.3, 0.4) is 0 Å². The fraction of sp³-hybridized carbons (Fsp3) is 0. The first-order chi connectivity index (χ1) is 29.3. The van der Waals surface area contributed by atoms with Gasteiger partial charge in [-0.25, -0.2) is 0 Å². The quantitative estimate of drug-likeness (QED) is 0.152. The van der Waals surface area contributed by atoms with Crippen LogP contribution in [0.1, 0.15) is 0 Å². The SMILES string of the molecule is c1ccc(-c2ccccc2N(c2ccccc2)c2cc3c(sc4cc(N(c5ccccc5)c5ccccc5-c5ccccc5)c5ccccc5c43)c3ccccc23)cc1. The summed E-state index contributed by atoms with van der Waals surface area (Å²) >= 11 is 1.90. The predicted molar refractivity (Wildman–Crippen MR) is 255 cm³/mol. The van der Waals surface area contributed by atoms with Gasteiger partial charge in [-0.3, -0.25) is 0 Å². The number of fused-ring (bicyclic) bond motifs is 7. The number of nitrogens with zero attached hydrogens (tertiary/aromatic N) is 2. The molecular formula is C56H38N2S. The number of hydrogen-bond acceptors (Lipinski definition) is 3. The third kappa shape index (κ3) is 6.03. The second-order valence-corrected chi connectivity index (χ2v) is 15.9. The smallest absolute Gasteiger partial charge is 0.0554 e. The molecule has 11 aromatic rings. The third-order valence-corrected chi connectivity index (χ3v) is 12.6. The van der Waals surface area contributed by atoms with Gasteiger partial charge in [-0.15, -0.1) is 11.3 Å². The number of para-hydroxylation sites is 4. The van der Waals surface area contributed by atoms with E-state index in [2.05, 4.69) is 240 Å². The van der Waals surface area contributed by atoms with Crippen LogP contribution in [0.2, 0.25) is 0 Å². The van der Waals surface area contributed by atoms with Gasteiger partial charge in [0.25, 0.3) is 0 Å². The molecule has 0 unspecified atom stereocenters. The van der Waals surface area contributed by atoms with Crippen LogP contribution in [-0.2, 0) is 0 Å². The lowest BCUT2D eigenvalue weighted by atomic mass is 9.96. The van der Waals surface area contributed by atoms with E-state index < -0.39 is 0 Å². The number of hydrogen-bond donors (Lipinski definition) is 0. The Morgan fingerprint density at radius 2 is 0.678 bits per heavy atom. The van der Waals surface area contributed by atoms with Crippen LogP contribution in [-0.4, -0.2) is 0 Å². The molecule has 0 atom stereocenters. The van der Waals surface area contributed by atoms with E-state index in [-0.39, 0.29) is 0 Å². The highest BCUT2D eigenvalue weighted by molar-refractivity contribution is 7.27. The molecular weight excluding hydrogens is 733 g/mol. The zero-order valence-electron chi connectivity index (χ0n) is 32.2. The molecule has 0 N–H and O–H groups in total. The minimum atomic E-state index is 1.11. The minimum absolute atomic E-state index is 1.11. The van der Waals surface area contributed by atoms with Crippen LogP contribution in [0.25, 0.3) is 64.0 Å². The van der Waals surface area contributed by atoms with Gasteiger partial charge in [0.1, 0.15) is 0 Å². The molecule has 0 aliphatic rings.